The number of amides is 1. The van der Waals surface area contributed by atoms with Crippen LogP contribution in [0.25, 0.3) is 5.69 Å². The normalized spacial score (nSPS) is 12.4. The van der Waals surface area contributed by atoms with Crippen LogP contribution >= 0.6 is 11.3 Å². The van der Waals surface area contributed by atoms with E-state index in [1.54, 1.807) is 19.1 Å². The van der Waals surface area contributed by atoms with E-state index in [4.69, 9.17) is 0 Å². The maximum atomic E-state index is 13.0. The summed E-state index contributed by atoms with van der Waals surface area (Å²) in [4.78, 5) is 37.4. The minimum absolute atomic E-state index is 0.172. The third kappa shape index (κ3) is 4.30. The zero-order valence-electron chi connectivity index (χ0n) is 17.1. The minimum atomic E-state index is -0.624. The maximum absolute atomic E-state index is 13.0. The van der Waals surface area contributed by atoms with Crippen LogP contribution in [0.15, 0.2) is 52.6 Å². The number of nitrogens with zero attached hydrogens (tertiary/aromatic N) is 3. The number of nitro groups is 1. The molecule has 1 amide bonds. The SMILES string of the molecule is Cc1cc(=O)c(C(=O)NC(c2cccs2)C(C)(C)C)nn1-c1ccccc1[N+](=O)[O-]. The van der Waals surface area contributed by atoms with Gasteiger partial charge in [0.25, 0.3) is 11.6 Å². The molecule has 3 rings (SSSR count). The highest BCUT2D eigenvalue weighted by Crippen LogP contribution is 2.35. The Balaban J connectivity index is 2.05. The largest absolute Gasteiger partial charge is 0.342 e. The van der Waals surface area contributed by atoms with Crippen LogP contribution in [0.1, 0.15) is 47.9 Å². The second-order valence-electron chi connectivity index (χ2n) is 7.94. The lowest BCUT2D eigenvalue weighted by atomic mass is 9.85. The monoisotopic (exact) mass is 426 g/mol. The third-order valence-corrected chi connectivity index (χ3v) is 5.54. The summed E-state index contributed by atoms with van der Waals surface area (Å²) >= 11 is 1.51. The van der Waals surface area contributed by atoms with Gasteiger partial charge in [-0.3, -0.25) is 19.7 Å². The number of nitrogens with one attached hydrogen (secondary N) is 1. The fraction of sp³-hybridized carbons (Fsp3) is 0.286. The Labute approximate surface area is 177 Å². The molecule has 3 aromatic rings. The second kappa shape index (κ2) is 8.19. The van der Waals surface area contributed by atoms with Gasteiger partial charge < -0.3 is 5.32 Å². The number of aryl methyl sites for hydroxylation is 1. The van der Waals surface area contributed by atoms with Crippen LogP contribution in [0.4, 0.5) is 5.69 Å². The van der Waals surface area contributed by atoms with Crippen molar-refractivity contribution in [3.05, 3.63) is 84.4 Å². The summed E-state index contributed by atoms with van der Waals surface area (Å²) in [5.74, 6) is -0.624. The highest BCUT2D eigenvalue weighted by molar-refractivity contribution is 7.10. The van der Waals surface area contributed by atoms with Crippen LogP contribution < -0.4 is 10.7 Å². The Morgan fingerprint density at radius 3 is 2.53 bits per heavy atom. The standard InChI is InChI=1S/C21H22N4O4S/c1-13-12-16(26)18(23-24(13)14-8-5-6-9-15(14)25(28)29)20(27)22-19(21(2,3)4)17-10-7-11-30-17/h5-12,19H,1-4H3,(H,22,27). The molecule has 0 aliphatic heterocycles. The molecule has 0 bridgehead atoms. The van der Waals surface area contributed by atoms with Crippen LogP contribution in [0.2, 0.25) is 0 Å². The van der Waals surface area contributed by atoms with E-state index < -0.39 is 16.3 Å². The van der Waals surface area contributed by atoms with E-state index in [0.29, 0.717) is 5.69 Å². The van der Waals surface area contributed by atoms with Crippen molar-refractivity contribution in [1.82, 2.24) is 15.1 Å². The lowest BCUT2D eigenvalue weighted by molar-refractivity contribution is -0.384. The van der Waals surface area contributed by atoms with Gasteiger partial charge in [-0.05, 0) is 29.9 Å². The van der Waals surface area contributed by atoms with Gasteiger partial charge in [0.2, 0.25) is 5.43 Å². The van der Waals surface area contributed by atoms with Gasteiger partial charge in [-0.2, -0.15) is 5.10 Å². The molecule has 0 aliphatic rings. The molecule has 1 atom stereocenters. The molecule has 8 nitrogen and oxygen atoms in total. The Morgan fingerprint density at radius 2 is 1.93 bits per heavy atom. The predicted octanol–water partition coefficient (Wildman–Crippen LogP) is 4.03. The number of hydrogen-bond acceptors (Lipinski definition) is 6. The van der Waals surface area contributed by atoms with E-state index in [0.717, 1.165) is 4.88 Å². The van der Waals surface area contributed by atoms with Gasteiger partial charge in [0.15, 0.2) is 5.69 Å². The number of carbonyl (C=O) groups excluding carboxylic acids is 1. The molecular formula is C21H22N4O4S. The van der Waals surface area contributed by atoms with Crippen molar-refractivity contribution in [3.63, 3.8) is 0 Å². The molecule has 0 saturated carbocycles. The average Bonchev–Trinajstić information content (AvgIpc) is 3.19. The first-order valence-electron chi connectivity index (χ1n) is 9.28. The van der Waals surface area contributed by atoms with Crippen LogP contribution in [-0.4, -0.2) is 20.6 Å². The third-order valence-electron chi connectivity index (χ3n) is 4.60. The fourth-order valence-electron chi connectivity index (χ4n) is 3.12. The molecule has 156 valence electrons. The zero-order valence-corrected chi connectivity index (χ0v) is 17.9. The van der Waals surface area contributed by atoms with Crippen molar-refractivity contribution < 1.29 is 9.72 Å². The highest BCUT2D eigenvalue weighted by atomic mass is 32.1. The fourth-order valence-corrected chi connectivity index (χ4v) is 4.14. The number of para-hydroxylation sites is 2. The second-order valence-corrected chi connectivity index (χ2v) is 8.92. The van der Waals surface area contributed by atoms with Crippen molar-refractivity contribution in [2.45, 2.75) is 33.7 Å². The van der Waals surface area contributed by atoms with Gasteiger partial charge in [0.1, 0.15) is 5.69 Å². The maximum Gasteiger partial charge on any atom is 0.294 e. The molecule has 1 N–H and O–H groups in total. The average molecular weight is 426 g/mol. The Bertz CT molecular complexity index is 1150. The molecule has 0 fully saturated rings. The number of thiophene rings is 1. The topological polar surface area (TPSA) is 107 Å². The summed E-state index contributed by atoms with van der Waals surface area (Å²) in [5, 5.41) is 20.4. The molecule has 0 spiro atoms. The van der Waals surface area contributed by atoms with Crippen molar-refractivity contribution in [2.24, 2.45) is 5.41 Å². The summed E-state index contributed by atoms with van der Waals surface area (Å²) in [7, 11) is 0. The van der Waals surface area contributed by atoms with Gasteiger partial charge in [-0.25, -0.2) is 4.68 Å². The molecular weight excluding hydrogens is 404 g/mol. The number of hydrogen-bond donors (Lipinski definition) is 1. The summed E-state index contributed by atoms with van der Waals surface area (Å²) in [6.45, 7) is 7.58. The van der Waals surface area contributed by atoms with Crippen molar-refractivity contribution >= 4 is 22.9 Å². The van der Waals surface area contributed by atoms with Gasteiger partial charge in [0, 0.05) is 22.7 Å². The van der Waals surface area contributed by atoms with E-state index in [1.165, 1.54) is 34.2 Å². The number of benzene rings is 1. The van der Waals surface area contributed by atoms with Crippen molar-refractivity contribution in [3.8, 4) is 5.69 Å². The first-order chi connectivity index (χ1) is 14.1. The predicted molar refractivity (Wildman–Crippen MR) is 115 cm³/mol. The number of nitro benzene ring substituents is 1. The Hall–Kier alpha value is -3.33. The van der Waals surface area contributed by atoms with E-state index in [2.05, 4.69) is 10.4 Å². The summed E-state index contributed by atoms with van der Waals surface area (Å²) in [6, 6.07) is 10.8. The van der Waals surface area contributed by atoms with E-state index in [-0.39, 0.29) is 28.5 Å². The van der Waals surface area contributed by atoms with Gasteiger partial charge in [-0.1, -0.05) is 39.0 Å². The van der Waals surface area contributed by atoms with E-state index in [9.17, 15) is 19.7 Å². The first-order valence-corrected chi connectivity index (χ1v) is 10.2. The van der Waals surface area contributed by atoms with Crippen LogP contribution in [0.3, 0.4) is 0 Å². The number of carbonyl (C=O) groups is 1. The lowest BCUT2D eigenvalue weighted by Gasteiger charge is -2.30. The molecule has 0 saturated heterocycles. The van der Waals surface area contributed by atoms with Crippen molar-refractivity contribution in [1.29, 1.82) is 0 Å². The molecule has 0 aliphatic carbocycles. The molecule has 2 heterocycles. The zero-order chi connectivity index (χ0) is 22.1. The highest BCUT2D eigenvalue weighted by Gasteiger charge is 2.30. The molecule has 2 aromatic heterocycles. The van der Waals surface area contributed by atoms with Gasteiger partial charge >= 0.3 is 0 Å². The van der Waals surface area contributed by atoms with Crippen molar-refractivity contribution in [2.75, 3.05) is 0 Å². The number of aromatic nitrogens is 2. The Kier molecular flexibility index (Phi) is 5.84. The quantitative estimate of drug-likeness (QED) is 0.490. The number of rotatable bonds is 5. The van der Waals surface area contributed by atoms with Gasteiger partial charge in [-0.15, -0.1) is 11.3 Å². The Morgan fingerprint density at radius 1 is 1.23 bits per heavy atom. The van der Waals surface area contributed by atoms with Crippen LogP contribution in [-0.2, 0) is 0 Å². The van der Waals surface area contributed by atoms with Crippen LogP contribution in [0, 0.1) is 22.5 Å². The van der Waals surface area contributed by atoms with Crippen LogP contribution in [0.5, 0.6) is 0 Å². The molecule has 1 aromatic carbocycles. The summed E-state index contributed by atoms with van der Waals surface area (Å²) in [5.41, 5.74) is -0.767. The lowest BCUT2D eigenvalue weighted by Crippen LogP contribution is -2.39. The smallest absolute Gasteiger partial charge is 0.294 e. The first kappa shape index (κ1) is 21.4. The van der Waals surface area contributed by atoms with E-state index >= 15 is 0 Å². The minimum Gasteiger partial charge on any atom is -0.342 e. The summed E-state index contributed by atoms with van der Waals surface area (Å²) < 4.78 is 1.26. The molecule has 30 heavy (non-hydrogen) atoms. The van der Waals surface area contributed by atoms with E-state index in [1.807, 2.05) is 38.3 Å². The molecule has 0 radical (unpaired) electrons. The molecule has 9 heteroatoms. The van der Waals surface area contributed by atoms with Gasteiger partial charge in [0.05, 0.1) is 11.0 Å². The summed E-state index contributed by atoms with van der Waals surface area (Å²) in [6.07, 6.45) is 0. The molecule has 1 unspecified atom stereocenters.